The molecule has 0 saturated heterocycles. The fourth-order valence-corrected chi connectivity index (χ4v) is 3.10. The highest BCUT2D eigenvalue weighted by atomic mass is 32.1. The average molecular weight is 293 g/mol. The van der Waals surface area contributed by atoms with Crippen LogP contribution in [-0.4, -0.2) is 17.7 Å². The zero-order chi connectivity index (χ0) is 14.5. The van der Waals surface area contributed by atoms with Crippen LogP contribution in [0.25, 0.3) is 0 Å². The van der Waals surface area contributed by atoms with Gasteiger partial charge in [0, 0.05) is 22.3 Å². The Morgan fingerprint density at radius 2 is 1.90 bits per heavy atom. The third kappa shape index (κ3) is 4.40. The summed E-state index contributed by atoms with van der Waals surface area (Å²) in [7, 11) is 0. The summed E-state index contributed by atoms with van der Waals surface area (Å²) >= 11 is 1.80. The number of rotatable bonds is 6. The first kappa shape index (κ1) is 15.2. The van der Waals surface area contributed by atoms with Crippen molar-refractivity contribution in [3.05, 3.63) is 57.5 Å². The minimum Gasteiger partial charge on any atom is -0.387 e. The topological polar surface area (TPSA) is 32.3 Å². The Balaban J connectivity index is 1.80. The van der Waals surface area contributed by atoms with Crippen LogP contribution in [0.1, 0.15) is 28.3 Å². The smallest absolute Gasteiger partial charge is 0.123 e. The van der Waals surface area contributed by atoms with Gasteiger partial charge in [0.25, 0.3) is 0 Å². The highest BCUT2D eigenvalue weighted by Crippen LogP contribution is 2.17. The molecule has 0 fully saturated rings. The van der Waals surface area contributed by atoms with Crippen molar-refractivity contribution in [1.29, 1.82) is 0 Å². The molecule has 108 valence electrons. The van der Waals surface area contributed by atoms with Gasteiger partial charge in [-0.05, 0) is 50.1 Å². The predicted molar refractivity (Wildman–Crippen MR) is 81.6 cm³/mol. The molecule has 0 saturated carbocycles. The van der Waals surface area contributed by atoms with Crippen LogP contribution in [0.3, 0.4) is 0 Å². The quantitative estimate of drug-likeness (QED) is 0.855. The zero-order valence-corrected chi connectivity index (χ0v) is 12.6. The van der Waals surface area contributed by atoms with Gasteiger partial charge < -0.3 is 10.4 Å². The number of aliphatic hydroxyl groups excluding tert-OH is 1. The van der Waals surface area contributed by atoms with Gasteiger partial charge in [0.05, 0.1) is 6.10 Å². The summed E-state index contributed by atoms with van der Waals surface area (Å²) in [5.74, 6) is -0.282. The Morgan fingerprint density at radius 1 is 1.20 bits per heavy atom. The van der Waals surface area contributed by atoms with E-state index in [-0.39, 0.29) is 5.82 Å². The molecule has 0 aliphatic rings. The van der Waals surface area contributed by atoms with Gasteiger partial charge in [-0.3, -0.25) is 0 Å². The molecule has 0 aliphatic carbocycles. The number of benzene rings is 1. The second-order valence-electron chi connectivity index (χ2n) is 5.09. The maximum atomic E-state index is 12.8. The summed E-state index contributed by atoms with van der Waals surface area (Å²) < 4.78 is 12.8. The van der Waals surface area contributed by atoms with Gasteiger partial charge in [0.15, 0.2) is 0 Å². The molecule has 2 N–H and O–H groups in total. The van der Waals surface area contributed by atoms with Crippen LogP contribution >= 0.6 is 11.3 Å². The van der Waals surface area contributed by atoms with E-state index in [0.29, 0.717) is 12.6 Å². The van der Waals surface area contributed by atoms with Crippen molar-refractivity contribution < 1.29 is 9.50 Å². The lowest BCUT2D eigenvalue weighted by Crippen LogP contribution is -2.31. The minimum atomic E-state index is -0.608. The fraction of sp³-hybridized carbons (Fsp3) is 0.375. The van der Waals surface area contributed by atoms with Crippen LogP contribution in [0.5, 0.6) is 0 Å². The highest BCUT2D eigenvalue weighted by molar-refractivity contribution is 7.11. The summed E-state index contributed by atoms with van der Waals surface area (Å²) in [4.78, 5) is 2.66. The first-order valence-electron chi connectivity index (χ1n) is 6.77. The summed E-state index contributed by atoms with van der Waals surface area (Å²) in [6.07, 6.45) is 0.345. The molecule has 2 atom stereocenters. The second kappa shape index (κ2) is 6.97. The summed E-state index contributed by atoms with van der Waals surface area (Å²) in [6, 6.07) is 10.5. The van der Waals surface area contributed by atoms with Gasteiger partial charge in [-0.1, -0.05) is 12.1 Å². The number of hydrogen-bond acceptors (Lipinski definition) is 3. The van der Waals surface area contributed by atoms with E-state index in [1.54, 1.807) is 23.5 Å². The Kier molecular flexibility index (Phi) is 5.29. The van der Waals surface area contributed by atoms with Crippen molar-refractivity contribution >= 4 is 11.3 Å². The third-order valence-corrected chi connectivity index (χ3v) is 4.24. The number of nitrogens with one attached hydrogen (secondary N) is 1. The summed E-state index contributed by atoms with van der Waals surface area (Å²) in [5.41, 5.74) is 0.734. The minimum absolute atomic E-state index is 0.282. The van der Waals surface area contributed by atoms with Gasteiger partial charge >= 0.3 is 0 Å². The molecule has 0 spiro atoms. The molecule has 2 rings (SSSR count). The van der Waals surface area contributed by atoms with E-state index in [1.807, 2.05) is 0 Å². The molecule has 1 heterocycles. The molecular formula is C16H20FNOS. The molecule has 0 bridgehead atoms. The molecular weight excluding hydrogens is 273 g/mol. The van der Waals surface area contributed by atoms with E-state index < -0.39 is 6.10 Å². The molecule has 1 aromatic heterocycles. The number of halogens is 1. The van der Waals surface area contributed by atoms with Crippen molar-refractivity contribution in [3.8, 4) is 0 Å². The monoisotopic (exact) mass is 293 g/mol. The summed E-state index contributed by atoms with van der Waals surface area (Å²) in [6.45, 7) is 4.67. The number of hydrogen-bond donors (Lipinski definition) is 2. The number of aliphatic hydroxyl groups is 1. The normalized spacial score (nSPS) is 14.2. The second-order valence-corrected chi connectivity index (χ2v) is 6.47. The van der Waals surface area contributed by atoms with E-state index in [0.717, 1.165) is 12.0 Å². The maximum Gasteiger partial charge on any atom is 0.123 e. The molecule has 0 aliphatic heterocycles. The van der Waals surface area contributed by atoms with Crippen LogP contribution in [-0.2, 0) is 6.42 Å². The van der Waals surface area contributed by atoms with Gasteiger partial charge in [0.2, 0.25) is 0 Å². The molecule has 20 heavy (non-hydrogen) atoms. The molecule has 4 heteroatoms. The average Bonchev–Trinajstić information content (AvgIpc) is 2.82. The van der Waals surface area contributed by atoms with E-state index in [1.165, 1.54) is 21.9 Å². The van der Waals surface area contributed by atoms with Gasteiger partial charge in [-0.2, -0.15) is 0 Å². The maximum absolute atomic E-state index is 12.8. The highest BCUT2D eigenvalue weighted by Gasteiger charge is 2.10. The van der Waals surface area contributed by atoms with Crippen LogP contribution in [0.4, 0.5) is 4.39 Å². The lowest BCUT2D eigenvalue weighted by Gasteiger charge is -2.17. The third-order valence-electron chi connectivity index (χ3n) is 3.22. The molecule has 0 amide bonds. The van der Waals surface area contributed by atoms with Gasteiger partial charge in [-0.25, -0.2) is 4.39 Å². The Labute approximate surface area is 123 Å². The van der Waals surface area contributed by atoms with Crippen LogP contribution in [0.15, 0.2) is 36.4 Å². The van der Waals surface area contributed by atoms with Crippen molar-refractivity contribution in [1.82, 2.24) is 5.32 Å². The van der Waals surface area contributed by atoms with Gasteiger partial charge in [0.1, 0.15) is 5.82 Å². The van der Waals surface area contributed by atoms with Crippen molar-refractivity contribution in [2.45, 2.75) is 32.4 Å². The van der Waals surface area contributed by atoms with Gasteiger partial charge in [-0.15, -0.1) is 11.3 Å². The Bertz CT molecular complexity index is 538. The lowest BCUT2D eigenvalue weighted by molar-refractivity contribution is 0.170. The number of aryl methyl sites for hydroxylation is 1. The van der Waals surface area contributed by atoms with E-state index >= 15 is 0 Å². The standard InChI is InChI=1S/C16H20FNOS/c1-11(9-15-8-3-12(2)20-15)18-10-16(19)13-4-6-14(17)7-5-13/h3-8,11,16,18-19H,9-10H2,1-2H3. The van der Waals surface area contributed by atoms with Crippen LogP contribution in [0, 0.1) is 12.7 Å². The van der Waals surface area contributed by atoms with Crippen LogP contribution in [0.2, 0.25) is 0 Å². The molecule has 1 aromatic carbocycles. The first-order chi connectivity index (χ1) is 9.54. The SMILES string of the molecule is Cc1ccc(CC(C)NCC(O)c2ccc(F)cc2)s1. The molecule has 0 radical (unpaired) electrons. The fourth-order valence-electron chi connectivity index (χ4n) is 2.08. The molecule has 2 aromatic rings. The Hall–Kier alpha value is -1.23. The molecule has 2 nitrogen and oxygen atoms in total. The van der Waals surface area contributed by atoms with E-state index in [2.05, 4.69) is 31.3 Å². The lowest BCUT2D eigenvalue weighted by atomic mass is 10.1. The van der Waals surface area contributed by atoms with Crippen molar-refractivity contribution in [2.75, 3.05) is 6.54 Å². The molecule has 2 unspecified atom stereocenters. The summed E-state index contributed by atoms with van der Waals surface area (Å²) in [5, 5.41) is 13.4. The first-order valence-corrected chi connectivity index (χ1v) is 7.58. The van der Waals surface area contributed by atoms with E-state index in [9.17, 15) is 9.50 Å². The van der Waals surface area contributed by atoms with Crippen molar-refractivity contribution in [2.24, 2.45) is 0 Å². The van der Waals surface area contributed by atoms with Crippen molar-refractivity contribution in [3.63, 3.8) is 0 Å². The zero-order valence-electron chi connectivity index (χ0n) is 11.8. The van der Waals surface area contributed by atoms with E-state index in [4.69, 9.17) is 0 Å². The Morgan fingerprint density at radius 3 is 2.50 bits per heavy atom. The largest absolute Gasteiger partial charge is 0.387 e. The van der Waals surface area contributed by atoms with Crippen LogP contribution < -0.4 is 5.32 Å². The number of thiophene rings is 1. The predicted octanol–water partition coefficient (Wildman–Crippen LogP) is 3.45.